The van der Waals surface area contributed by atoms with E-state index in [0.29, 0.717) is 5.25 Å². The predicted molar refractivity (Wildman–Crippen MR) is 72.0 cm³/mol. The Morgan fingerprint density at radius 3 is 3.06 bits per heavy atom. The maximum Gasteiger partial charge on any atom is 0.107 e. The summed E-state index contributed by atoms with van der Waals surface area (Å²) < 4.78 is 0. The van der Waals surface area contributed by atoms with E-state index in [0.717, 1.165) is 18.0 Å². The van der Waals surface area contributed by atoms with Crippen LogP contribution in [0, 0.1) is 0 Å². The summed E-state index contributed by atoms with van der Waals surface area (Å²) in [4.78, 5) is 4.46. The van der Waals surface area contributed by atoms with Crippen molar-refractivity contribution in [2.45, 2.75) is 37.4 Å². The molecule has 0 radical (unpaired) electrons. The first-order chi connectivity index (χ1) is 7.83. The zero-order valence-corrected chi connectivity index (χ0v) is 10.7. The van der Waals surface area contributed by atoms with E-state index in [1.54, 1.807) is 0 Å². The lowest BCUT2D eigenvalue weighted by atomic mass is 9.97. The Morgan fingerprint density at radius 2 is 2.25 bits per heavy atom. The molecular formula is C13H14ClNS. The molecule has 1 nitrogen and oxygen atoms in total. The van der Waals surface area contributed by atoms with Crippen molar-refractivity contribution in [1.29, 1.82) is 0 Å². The van der Waals surface area contributed by atoms with Crippen molar-refractivity contribution in [3.8, 4) is 0 Å². The third-order valence-corrected chi connectivity index (χ3v) is 4.84. The van der Waals surface area contributed by atoms with Crippen molar-refractivity contribution in [2.24, 2.45) is 4.99 Å². The maximum absolute atomic E-state index is 5.99. The first kappa shape index (κ1) is 10.7. The molecule has 0 saturated heterocycles. The van der Waals surface area contributed by atoms with Crippen LogP contribution in [0.15, 0.2) is 39.4 Å². The van der Waals surface area contributed by atoms with Gasteiger partial charge in [0.1, 0.15) is 5.17 Å². The van der Waals surface area contributed by atoms with Gasteiger partial charge >= 0.3 is 0 Å². The highest BCUT2D eigenvalue weighted by molar-refractivity contribution is 8.04. The number of thioether (sulfide) groups is 1. The SMILES string of the molecule is ClC1=NC2=C(CC1)CC(C1=CCCC=C1)S2. The highest BCUT2D eigenvalue weighted by Gasteiger charge is 2.29. The zero-order valence-electron chi connectivity index (χ0n) is 9.08. The molecule has 1 unspecified atom stereocenters. The standard InChI is InChI=1S/C13H14ClNS/c14-12-7-6-10-8-11(16-13(10)15-12)9-4-2-1-3-5-9/h2,4-5,11H,1,3,6-8H2. The van der Waals surface area contributed by atoms with Crippen molar-refractivity contribution in [1.82, 2.24) is 0 Å². The van der Waals surface area contributed by atoms with Crippen LogP contribution in [-0.4, -0.2) is 10.4 Å². The summed E-state index contributed by atoms with van der Waals surface area (Å²) in [5, 5.41) is 2.56. The summed E-state index contributed by atoms with van der Waals surface area (Å²) in [6.07, 6.45) is 12.5. The van der Waals surface area contributed by atoms with Gasteiger partial charge in [-0.1, -0.05) is 41.6 Å². The highest BCUT2D eigenvalue weighted by atomic mass is 35.5. The number of nitrogens with zero attached hydrogens (tertiary/aromatic N) is 1. The molecule has 0 aromatic carbocycles. The molecule has 3 rings (SSSR count). The van der Waals surface area contributed by atoms with Crippen LogP contribution < -0.4 is 0 Å². The molecule has 84 valence electrons. The molecule has 3 heteroatoms. The Kier molecular flexibility index (Phi) is 2.95. The Hall–Kier alpha value is -0.470. The van der Waals surface area contributed by atoms with Crippen LogP contribution in [0.3, 0.4) is 0 Å². The first-order valence-electron chi connectivity index (χ1n) is 5.81. The number of rotatable bonds is 1. The number of aliphatic imine (C=N–C) groups is 1. The molecule has 0 aromatic heterocycles. The second-order valence-electron chi connectivity index (χ2n) is 4.39. The van der Waals surface area contributed by atoms with Gasteiger partial charge in [0.25, 0.3) is 0 Å². The van der Waals surface area contributed by atoms with Crippen LogP contribution in [0.25, 0.3) is 0 Å². The van der Waals surface area contributed by atoms with Gasteiger partial charge in [0.05, 0.1) is 5.03 Å². The van der Waals surface area contributed by atoms with Gasteiger partial charge in [-0.05, 0) is 36.8 Å². The van der Waals surface area contributed by atoms with Crippen LogP contribution in [-0.2, 0) is 0 Å². The quantitative estimate of drug-likeness (QED) is 0.672. The van der Waals surface area contributed by atoms with Gasteiger partial charge in [-0.15, -0.1) is 0 Å². The summed E-state index contributed by atoms with van der Waals surface area (Å²) in [7, 11) is 0. The first-order valence-corrected chi connectivity index (χ1v) is 7.07. The molecule has 16 heavy (non-hydrogen) atoms. The Morgan fingerprint density at radius 1 is 1.31 bits per heavy atom. The van der Waals surface area contributed by atoms with Gasteiger partial charge in [-0.3, -0.25) is 0 Å². The molecule has 0 bridgehead atoms. The molecule has 2 aliphatic heterocycles. The minimum Gasteiger partial charge on any atom is -0.234 e. The molecule has 1 aliphatic carbocycles. The van der Waals surface area contributed by atoms with E-state index in [1.165, 1.54) is 35.4 Å². The fourth-order valence-electron chi connectivity index (χ4n) is 2.36. The maximum atomic E-state index is 5.99. The van der Waals surface area contributed by atoms with E-state index >= 15 is 0 Å². The Balaban J connectivity index is 1.76. The van der Waals surface area contributed by atoms with E-state index < -0.39 is 0 Å². The zero-order chi connectivity index (χ0) is 11.0. The van der Waals surface area contributed by atoms with E-state index in [9.17, 15) is 0 Å². The number of allylic oxidation sites excluding steroid dienone is 4. The normalized spacial score (nSPS) is 28.9. The minimum atomic E-state index is 0.591. The van der Waals surface area contributed by atoms with Gasteiger partial charge in [-0.25, -0.2) is 4.99 Å². The lowest BCUT2D eigenvalue weighted by Gasteiger charge is -2.13. The molecule has 0 saturated carbocycles. The minimum absolute atomic E-state index is 0.591. The van der Waals surface area contributed by atoms with Gasteiger partial charge in [0, 0.05) is 11.7 Å². The average molecular weight is 252 g/mol. The van der Waals surface area contributed by atoms with Crippen LogP contribution >= 0.6 is 23.4 Å². The lowest BCUT2D eigenvalue weighted by molar-refractivity contribution is 0.867. The second kappa shape index (κ2) is 4.42. The topological polar surface area (TPSA) is 12.4 Å². The second-order valence-corrected chi connectivity index (χ2v) is 6.02. The molecule has 0 fully saturated rings. The monoisotopic (exact) mass is 251 g/mol. The lowest BCUT2D eigenvalue weighted by Crippen LogP contribution is -2.03. The van der Waals surface area contributed by atoms with E-state index in [4.69, 9.17) is 11.6 Å². The Labute approximate surface area is 105 Å². The van der Waals surface area contributed by atoms with Gasteiger partial charge in [0.15, 0.2) is 0 Å². The van der Waals surface area contributed by atoms with Gasteiger partial charge in [0.2, 0.25) is 0 Å². The molecule has 1 atom stereocenters. The summed E-state index contributed by atoms with van der Waals surface area (Å²) in [6.45, 7) is 0. The average Bonchev–Trinajstić information content (AvgIpc) is 2.73. The smallest absolute Gasteiger partial charge is 0.107 e. The highest BCUT2D eigenvalue weighted by Crippen LogP contribution is 2.46. The summed E-state index contributed by atoms with van der Waals surface area (Å²) in [6, 6.07) is 0. The predicted octanol–water partition coefficient (Wildman–Crippen LogP) is 4.41. The van der Waals surface area contributed by atoms with Crippen molar-refractivity contribution < 1.29 is 0 Å². The molecular weight excluding hydrogens is 238 g/mol. The van der Waals surface area contributed by atoms with E-state index in [-0.39, 0.29) is 0 Å². The summed E-state index contributed by atoms with van der Waals surface area (Å²) in [5.74, 6) is 0. The van der Waals surface area contributed by atoms with E-state index in [1.807, 2.05) is 11.8 Å². The van der Waals surface area contributed by atoms with E-state index in [2.05, 4.69) is 23.2 Å². The molecule has 3 aliphatic rings. The molecule has 0 amide bonds. The van der Waals surface area contributed by atoms with Crippen molar-refractivity contribution in [2.75, 3.05) is 0 Å². The molecule has 0 aromatic rings. The summed E-state index contributed by atoms with van der Waals surface area (Å²) >= 11 is 7.88. The van der Waals surface area contributed by atoms with Crippen LogP contribution in [0.4, 0.5) is 0 Å². The fraction of sp³-hybridized carbons (Fsp3) is 0.462. The number of halogens is 1. The van der Waals surface area contributed by atoms with Gasteiger partial charge < -0.3 is 0 Å². The molecule has 0 N–H and O–H groups in total. The number of hydrogen-bond donors (Lipinski definition) is 0. The van der Waals surface area contributed by atoms with Crippen molar-refractivity contribution >= 4 is 28.5 Å². The molecule has 0 spiro atoms. The Bertz CT molecular complexity index is 431. The fourth-order valence-corrected chi connectivity index (χ4v) is 3.97. The molecule has 2 heterocycles. The third-order valence-electron chi connectivity index (χ3n) is 3.24. The van der Waals surface area contributed by atoms with Crippen molar-refractivity contribution in [3.63, 3.8) is 0 Å². The van der Waals surface area contributed by atoms with Crippen LogP contribution in [0.1, 0.15) is 32.1 Å². The summed E-state index contributed by atoms with van der Waals surface area (Å²) in [5.41, 5.74) is 3.00. The van der Waals surface area contributed by atoms with Crippen LogP contribution in [0.2, 0.25) is 0 Å². The largest absolute Gasteiger partial charge is 0.234 e. The van der Waals surface area contributed by atoms with Crippen molar-refractivity contribution in [3.05, 3.63) is 34.4 Å². The number of hydrogen-bond acceptors (Lipinski definition) is 2. The third kappa shape index (κ3) is 2.01. The van der Waals surface area contributed by atoms with Crippen LogP contribution in [0.5, 0.6) is 0 Å². The van der Waals surface area contributed by atoms with Gasteiger partial charge in [-0.2, -0.15) is 0 Å².